The smallest absolute Gasteiger partial charge is 0.301 e. The quantitative estimate of drug-likeness (QED) is 0.878. The predicted octanol–water partition coefficient (Wildman–Crippen LogP) is 1.42. The topological polar surface area (TPSA) is 69.6 Å². The van der Waals surface area contributed by atoms with Gasteiger partial charge in [-0.25, -0.2) is 0 Å². The lowest BCUT2D eigenvalue weighted by Crippen LogP contribution is -2.45. The Hall–Kier alpha value is -1.11. The first kappa shape index (κ1) is 14.3. The molecule has 0 spiro atoms. The van der Waals surface area contributed by atoms with Crippen molar-refractivity contribution in [3.63, 3.8) is 0 Å². The van der Waals surface area contributed by atoms with Gasteiger partial charge in [-0.2, -0.15) is 13.1 Å². The molecule has 2 N–H and O–H groups in total. The highest BCUT2D eigenvalue weighted by molar-refractivity contribution is 7.90. The number of aliphatic hydroxyl groups excluding tert-OH is 1. The van der Waals surface area contributed by atoms with Crippen LogP contribution >= 0.6 is 0 Å². The van der Waals surface area contributed by atoms with Gasteiger partial charge in [0, 0.05) is 18.7 Å². The first-order valence-corrected chi connectivity index (χ1v) is 7.90. The molecule has 5 nitrogen and oxygen atoms in total. The maximum atomic E-state index is 12.3. The van der Waals surface area contributed by atoms with E-state index in [1.165, 1.54) is 4.31 Å². The zero-order chi connectivity index (χ0) is 14.0. The van der Waals surface area contributed by atoms with E-state index >= 15 is 0 Å². The van der Waals surface area contributed by atoms with Gasteiger partial charge in [0.15, 0.2) is 0 Å². The van der Waals surface area contributed by atoms with Crippen LogP contribution in [-0.2, 0) is 10.2 Å². The first-order chi connectivity index (χ1) is 8.92. The fraction of sp³-hybridized carbons (Fsp3) is 0.538. The second kappa shape index (κ2) is 5.48. The molecule has 0 aliphatic carbocycles. The normalized spacial score (nSPS) is 19.6. The predicted molar refractivity (Wildman–Crippen MR) is 75.1 cm³/mol. The minimum atomic E-state index is -3.54. The second-order valence-corrected chi connectivity index (χ2v) is 6.86. The monoisotopic (exact) mass is 284 g/mol. The molecule has 1 aromatic rings. The summed E-state index contributed by atoms with van der Waals surface area (Å²) in [5.74, 6) is 0.250. The van der Waals surface area contributed by atoms with Gasteiger partial charge in [0.1, 0.15) is 0 Å². The third-order valence-electron chi connectivity index (χ3n) is 3.13. The summed E-state index contributed by atoms with van der Waals surface area (Å²) in [5, 5.41) is 9.92. The van der Waals surface area contributed by atoms with Crippen LogP contribution in [0.2, 0.25) is 0 Å². The molecule has 1 aromatic carbocycles. The average Bonchev–Trinajstić information content (AvgIpc) is 2.37. The Labute approximate surface area is 114 Å². The number of hydrogen-bond acceptors (Lipinski definition) is 3. The van der Waals surface area contributed by atoms with E-state index in [0.717, 1.165) is 0 Å². The van der Waals surface area contributed by atoms with Crippen molar-refractivity contribution in [1.29, 1.82) is 0 Å². The molecule has 6 heteroatoms. The molecule has 19 heavy (non-hydrogen) atoms. The van der Waals surface area contributed by atoms with Crippen molar-refractivity contribution >= 4 is 15.9 Å². The number of fused-ring (bicyclic) bond motifs is 1. The summed E-state index contributed by atoms with van der Waals surface area (Å²) in [6, 6.07) is 7.08. The van der Waals surface area contributed by atoms with Gasteiger partial charge < -0.3 is 5.11 Å². The van der Waals surface area contributed by atoms with E-state index in [9.17, 15) is 13.5 Å². The summed E-state index contributed by atoms with van der Waals surface area (Å²) in [4.78, 5) is 0. The molecule has 2 rings (SSSR count). The zero-order valence-electron chi connectivity index (χ0n) is 11.2. The van der Waals surface area contributed by atoms with Gasteiger partial charge >= 0.3 is 10.2 Å². The van der Waals surface area contributed by atoms with Crippen molar-refractivity contribution in [1.82, 2.24) is 4.72 Å². The van der Waals surface area contributed by atoms with Gasteiger partial charge in [-0.1, -0.05) is 32.0 Å². The molecule has 1 aliphatic heterocycles. The highest BCUT2D eigenvalue weighted by Crippen LogP contribution is 2.34. The Kier molecular flexibility index (Phi) is 4.13. The Bertz CT molecular complexity index is 543. The second-order valence-electron chi connectivity index (χ2n) is 5.18. The highest BCUT2D eigenvalue weighted by Gasteiger charge is 2.30. The van der Waals surface area contributed by atoms with Crippen molar-refractivity contribution in [2.45, 2.75) is 26.4 Å². The van der Waals surface area contributed by atoms with E-state index in [2.05, 4.69) is 4.72 Å². The number of nitrogens with one attached hydrogen (secondary N) is 1. The molecule has 0 radical (unpaired) electrons. The largest absolute Gasteiger partial charge is 0.388 e. The minimum absolute atomic E-state index is 0.250. The fourth-order valence-electron chi connectivity index (χ4n) is 2.11. The molecule has 1 heterocycles. The van der Waals surface area contributed by atoms with E-state index in [1.807, 2.05) is 13.8 Å². The number of aliphatic hydroxyl groups is 1. The number of rotatable bonds is 4. The van der Waals surface area contributed by atoms with Crippen LogP contribution in [0.25, 0.3) is 0 Å². The van der Waals surface area contributed by atoms with Crippen molar-refractivity contribution < 1.29 is 13.5 Å². The van der Waals surface area contributed by atoms with E-state index in [-0.39, 0.29) is 5.92 Å². The highest BCUT2D eigenvalue weighted by atomic mass is 32.2. The van der Waals surface area contributed by atoms with Crippen LogP contribution in [-0.4, -0.2) is 26.6 Å². The van der Waals surface area contributed by atoms with Gasteiger partial charge in [0.2, 0.25) is 0 Å². The first-order valence-electron chi connectivity index (χ1n) is 6.46. The summed E-state index contributed by atoms with van der Waals surface area (Å²) in [7, 11) is -3.54. The van der Waals surface area contributed by atoms with Gasteiger partial charge in [-0.15, -0.1) is 0 Å². The van der Waals surface area contributed by atoms with Crippen molar-refractivity contribution in [3.8, 4) is 0 Å². The van der Waals surface area contributed by atoms with E-state index in [1.54, 1.807) is 24.3 Å². The molecule has 1 unspecified atom stereocenters. The Morgan fingerprint density at radius 1 is 1.42 bits per heavy atom. The maximum Gasteiger partial charge on any atom is 0.301 e. The number of anilines is 1. The van der Waals surface area contributed by atoms with Crippen LogP contribution in [0, 0.1) is 5.92 Å². The minimum Gasteiger partial charge on any atom is -0.388 e. The van der Waals surface area contributed by atoms with Crippen molar-refractivity contribution in [3.05, 3.63) is 29.8 Å². The van der Waals surface area contributed by atoms with Crippen LogP contribution < -0.4 is 9.03 Å². The van der Waals surface area contributed by atoms with E-state index in [0.29, 0.717) is 30.8 Å². The lowest BCUT2D eigenvalue weighted by Gasteiger charge is -2.33. The van der Waals surface area contributed by atoms with Crippen LogP contribution in [0.3, 0.4) is 0 Å². The van der Waals surface area contributed by atoms with E-state index < -0.39 is 16.3 Å². The number of para-hydroxylation sites is 1. The van der Waals surface area contributed by atoms with Gasteiger partial charge in [-0.3, -0.25) is 4.31 Å². The maximum absolute atomic E-state index is 12.3. The molecule has 0 amide bonds. The van der Waals surface area contributed by atoms with Crippen LogP contribution in [0.15, 0.2) is 24.3 Å². The number of nitrogens with zero attached hydrogens (tertiary/aromatic N) is 1. The van der Waals surface area contributed by atoms with Gasteiger partial charge in [0.05, 0.1) is 11.8 Å². The molecule has 106 valence electrons. The molecule has 1 atom stereocenters. The van der Waals surface area contributed by atoms with Crippen molar-refractivity contribution in [2.24, 2.45) is 5.92 Å². The molecule has 1 aliphatic rings. The molecular weight excluding hydrogens is 264 g/mol. The lowest BCUT2D eigenvalue weighted by atomic mass is 10.0. The Morgan fingerprint density at radius 2 is 2.11 bits per heavy atom. The average molecular weight is 284 g/mol. The van der Waals surface area contributed by atoms with Crippen molar-refractivity contribution in [2.75, 3.05) is 17.4 Å². The molecular formula is C13H20N2O3S. The number of benzene rings is 1. The Balaban J connectivity index is 2.29. The van der Waals surface area contributed by atoms with Crippen LogP contribution in [0.5, 0.6) is 0 Å². The fourth-order valence-corrected chi connectivity index (χ4v) is 3.58. The van der Waals surface area contributed by atoms with E-state index in [4.69, 9.17) is 0 Å². The van der Waals surface area contributed by atoms with Gasteiger partial charge in [-0.05, 0) is 18.4 Å². The summed E-state index contributed by atoms with van der Waals surface area (Å²) in [5.41, 5.74) is 1.24. The zero-order valence-corrected chi connectivity index (χ0v) is 12.0. The van der Waals surface area contributed by atoms with Crippen LogP contribution in [0.1, 0.15) is 31.9 Å². The Morgan fingerprint density at radius 3 is 2.79 bits per heavy atom. The summed E-state index contributed by atoms with van der Waals surface area (Å²) in [6.45, 7) is 4.61. The third kappa shape index (κ3) is 3.08. The third-order valence-corrected chi connectivity index (χ3v) is 4.63. The molecule has 0 aromatic heterocycles. The van der Waals surface area contributed by atoms with Crippen LogP contribution in [0.4, 0.5) is 5.69 Å². The molecule has 0 saturated heterocycles. The lowest BCUT2D eigenvalue weighted by molar-refractivity contribution is 0.166. The summed E-state index contributed by atoms with van der Waals surface area (Å²) in [6.07, 6.45) is -0.174. The summed E-state index contributed by atoms with van der Waals surface area (Å²) < 4.78 is 28.5. The molecule has 0 fully saturated rings. The SMILES string of the molecule is CC(C)CNS(=O)(=O)N1CCC(O)c2ccccc21. The molecule has 0 bridgehead atoms. The number of hydrogen-bond donors (Lipinski definition) is 2. The molecule has 0 saturated carbocycles. The standard InChI is InChI=1S/C13H20N2O3S/c1-10(2)9-14-19(17,18)15-8-7-13(16)11-5-3-4-6-12(11)15/h3-6,10,13-14,16H,7-9H2,1-2H3. The summed E-state index contributed by atoms with van der Waals surface area (Å²) >= 11 is 0. The van der Waals surface area contributed by atoms with Gasteiger partial charge in [0.25, 0.3) is 0 Å².